The largest absolute Gasteiger partial charge is 0.326 e. The molecule has 0 bridgehead atoms. The Morgan fingerprint density at radius 1 is 1.12 bits per heavy atom. The zero-order valence-corrected chi connectivity index (χ0v) is 10.7. The molecular formula is C10H9BrN4S. The number of halogens is 1. The molecule has 0 aliphatic heterocycles. The zero-order valence-electron chi connectivity index (χ0n) is 8.30. The molecule has 0 aromatic carbocycles. The Morgan fingerprint density at radius 2 is 1.88 bits per heavy atom. The van der Waals surface area contributed by atoms with Gasteiger partial charge < -0.3 is 5.73 Å². The van der Waals surface area contributed by atoms with Gasteiger partial charge in [-0.3, -0.25) is 0 Å². The molecule has 2 aromatic heterocycles. The molecule has 4 nitrogen and oxygen atoms in total. The second kappa shape index (κ2) is 5.38. The molecule has 2 heterocycles. The van der Waals surface area contributed by atoms with Gasteiger partial charge in [-0.2, -0.15) is 0 Å². The summed E-state index contributed by atoms with van der Waals surface area (Å²) in [6.07, 6.45) is 5.21. The number of nitrogens with two attached hydrogens (primary N) is 1. The van der Waals surface area contributed by atoms with Crippen molar-refractivity contribution >= 4 is 27.7 Å². The van der Waals surface area contributed by atoms with Crippen molar-refractivity contribution in [3.8, 4) is 0 Å². The molecule has 82 valence electrons. The highest BCUT2D eigenvalue weighted by Gasteiger charge is 2.01. The molecule has 0 fully saturated rings. The first kappa shape index (κ1) is 11.5. The lowest BCUT2D eigenvalue weighted by molar-refractivity contribution is 0.910. The van der Waals surface area contributed by atoms with Crippen LogP contribution >= 0.6 is 27.7 Å². The molecular weight excluding hydrogens is 288 g/mol. The van der Waals surface area contributed by atoms with Crippen LogP contribution in [0.25, 0.3) is 0 Å². The normalized spacial score (nSPS) is 10.4. The molecule has 2 N–H and O–H groups in total. The average Bonchev–Trinajstić information content (AvgIpc) is 2.33. The molecule has 0 aliphatic carbocycles. The van der Waals surface area contributed by atoms with Crippen LogP contribution in [0.2, 0.25) is 0 Å². The van der Waals surface area contributed by atoms with Crippen molar-refractivity contribution < 1.29 is 0 Å². The number of aromatic nitrogens is 3. The van der Waals surface area contributed by atoms with Crippen LogP contribution in [0.15, 0.2) is 45.4 Å². The van der Waals surface area contributed by atoms with Crippen molar-refractivity contribution in [1.82, 2.24) is 15.0 Å². The summed E-state index contributed by atoms with van der Waals surface area (Å²) in [5.41, 5.74) is 6.39. The van der Waals surface area contributed by atoms with Gasteiger partial charge in [0.2, 0.25) is 0 Å². The van der Waals surface area contributed by atoms with Gasteiger partial charge in [-0.05, 0) is 39.8 Å². The third kappa shape index (κ3) is 3.01. The second-order valence-corrected chi connectivity index (χ2v) is 4.90. The maximum Gasteiger partial charge on any atom is 0.193 e. The summed E-state index contributed by atoms with van der Waals surface area (Å²) in [6.45, 7) is 0.460. The van der Waals surface area contributed by atoms with E-state index < -0.39 is 0 Å². The van der Waals surface area contributed by atoms with Crippen LogP contribution in [0.3, 0.4) is 0 Å². The fourth-order valence-electron chi connectivity index (χ4n) is 1.02. The first-order valence-electron chi connectivity index (χ1n) is 4.58. The Labute approximate surface area is 106 Å². The predicted octanol–water partition coefficient (Wildman–Crippen LogP) is 2.24. The van der Waals surface area contributed by atoms with Gasteiger partial charge in [0, 0.05) is 35.2 Å². The Hall–Kier alpha value is -0.980. The summed E-state index contributed by atoms with van der Waals surface area (Å²) < 4.78 is 0.955. The van der Waals surface area contributed by atoms with Crippen molar-refractivity contribution in [3.63, 3.8) is 0 Å². The lowest BCUT2D eigenvalue weighted by Gasteiger charge is -2.00. The lowest BCUT2D eigenvalue weighted by Crippen LogP contribution is -1.98. The molecule has 2 rings (SSSR count). The molecule has 0 unspecified atom stereocenters. The van der Waals surface area contributed by atoms with Crippen LogP contribution in [0, 0.1) is 0 Å². The minimum Gasteiger partial charge on any atom is -0.326 e. The van der Waals surface area contributed by atoms with Gasteiger partial charge in [0.05, 0.1) is 0 Å². The molecule has 0 saturated carbocycles. The predicted molar refractivity (Wildman–Crippen MR) is 66.0 cm³/mol. The van der Waals surface area contributed by atoms with Crippen LogP contribution in [0.1, 0.15) is 5.56 Å². The van der Waals surface area contributed by atoms with Gasteiger partial charge >= 0.3 is 0 Å². The third-order valence-electron chi connectivity index (χ3n) is 1.81. The van der Waals surface area contributed by atoms with Gasteiger partial charge in [-0.15, -0.1) is 0 Å². The molecule has 0 aliphatic rings. The maximum atomic E-state index is 5.46. The van der Waals surface area contributed by atoms with E-state index >= 15 is 0 Å². The van der Waals surface area contributed by atoms with E-state index in [0.29, 0.717) is 11.7 Å². The smallest absolute Gasteiger partial charge is 0.193 e. The second-order valence-electron chi connectivity index (χ2n) is 2.99. The van der Waals surface area contributed by atoms with Gasteiger partial charge in [0.1, 0.15) is 5.03 Å². The van der Waals surface area contributed by atoms with E-state index in [2.05, 4.69) is 30.9 Å². The third-order valence-corrected chi connectivity index (χ3v) is 3.13. The summed E-state index contributed by atoms with van der Waals surface area (Å²) in [5, 5.41) is 1.54. The van der Waals surface area contributed by atoms with E-state index in [0.717, 1.165) is 15.1 Å². The highest BCUT2D eigenvalue weighted by molar-refractivity contribution is 9.10. The highest BCUT2D eigenvalue weighted by atomic mass is 79.9. The van der Waals surface area contributed by atoms with E-state index in [1.54, 1.807) is 18.6 Å². The number of nitrogens with zero attached hydrogens (tertiary/aromatic N) is 3. The average molecular weight is 297 g/mol. The van der Waals surface area contributed by atoms with E-state index in [-0.39, 0.29) is 0 Å². The first-order valence-corrected chi connectivity index (χ1v) is 6.19. The number of pyridine rings is 1. The van der Waals surface area contributed by atoms with Gasteiger partial charge in [0.15, 0.2) is 5.16 Å². The fraction of sp³-hybridized carbons (Fsp3) is 0.100. The van der Waals surface area contributed by atoms with E-state index in [1.807, 2.05) is 12.1 Å². The lowest BCUT2D eigenvalue weighted by atomic mass is 10.4. The van der Waals surface area contributed by atoms with Crippen LogP contribution in [-0.4, -0.2) is 15.0 Å². The molecule has 0 spiro atoms. The SMILES string of the molecule is NCc1cnc(Sc2ccc(Br)cn2)nc1. The van der Waals surface area contributed by atoms with Crippen LogP contribution in [-0.2, 0) is 6.54 Å². The van der Waals surface area contributed by atoms with Crippen LogP contribution in [0.5, 0.6) is 0 Å². The minimum atomic E-state index is 0.460. The summed E-state index contributed by atoms with van der Waals surface area (Å²) >= 11 is 4.75. The van der Waals surface area contributed by atoms with Crippen molar-refractivity contribution in [2.45, 2.75) is 16.7 Å². The number of rotatable bonds is 3. The minimum absolute atomic E-state index is 0.460. The molecule has 0 saturated heterocycles. The molecule has 0 amide bonds. The molecule has 6 heteroatoms. The zero-order chi connectivity index (χ0) is 11.4. The summed E-state index contributed by atoms with van der Waals surface area (Å²) in [6, 6.07) is 3.85. The summed E-state index contributed by atoms with van der Waals surface area (Å²) in [7, 11) is 0. The van der Waals surface area contributed by atoms with E-state index in [1.165, 1.54) is 11.8 Å². The maximum absolute atomic E-state index is 5.46. The topological polar surface area (TPSA) is 64.7 Å². The van der Waals surface area contributed by atoms with Crippen molar-refractivity contribution in [1.29, 1.82) is 0 Å². The fourth-order valence-corrected chi connectivity index (χ4v) is 1.89. The standard InChI is InChI=1S/C10H9BrN4S/c11-8-1-2-9(13-6-8)16-10-14-4-7(3-12)5-15-10/h1-2,4-6H,3,12H2. The Kier molecular flexibility index (Phi) is 3.87. The Bertz CT molecular complexity index is 457. The van der Waals surface area contributed by atoms with Crippen LogP contribution < -0.4 is 5.73 Å². The Balaban J connectivity index is 2.11. The summed E-state index contributed by atoms with van der Waals surface area (Å²) in [4.78, 5) is 12.6. The molecule has 0 atom stereocenters. The van der Waals surface area contributed by atoms with Crippen LogP contribution in [0.4, 0.5) is 0 Å². The van der Waals surface area contributed by atoms with Crippen molar-refractivity contribution in [3.05, 3.63) is 40.8 Å². The van der Waals surface area contributed by atoms with Gasteiger partial charge in [0.25, 0.3) is 0 Å². The molecule has 0 radical (unpaired) electrons. The molecule has 16 heavy (non-hydrogen) atoms. The number of hydrogen-bond donors (Lipinski definition) is 1. The first-order chi connectivity index (χ1) is 7.78. The van der Waals surface area contributed by atoms with Gasteiger partial charge in [-0.25, -0.2) is 15.0 Å². The number of hydrogen-bond acceptors (Lipinski definition) is 5. The summed E-state index contributed by atoms with van der Waals surface area (Å²) in [5.74, 6) is 0. The van der Waals surface area contributed by atoms with Crippen molar-refractivity contribution in [2.75, 3.05) is 0 Å². The Morgan fingerprint density at radius 3 is 2.44 bits per heavy atom. The highest BCUT2D eigenvalue weighted by Crippen LogP contribution is 2.22. The molecule has 2 aromatic rings. The van der Waals surface area contributed by atoms with E-state index in [4.69, 9.17) is 5.73 Å². The van der Waals surface area contributed by atoms with E-state index in [9.17, 15) is 0 Å². The monoisotopic (exact) mass is 296 g/mol. The quantitative estimate of drug-likeness (QED) is 0.880. The van der Waals surface area contributed by atoms with Gasteiger partial charge in [-0.1, -0.05) is 0 Å². The van der Waals surface area contributed by atoms with Crippen molar-refractivity contribution in [2.24, 2.45) is 5.73 Å².